The number of aliphatic hydroxyl groups excluding tert-OH is 1. The van der Waals surface area contributed by atoms with E-state index < -0.39 is 11.6 Å². The molecule has 0 aliphatic rings. The number of carbonyl (C=O) groups is 1. The molecular formula is C11H24N2O2. The number of hydrogen-bond donors (Lipinski definition) is 3. The third-order valence-electron chi connectivity index (χ3n) is 2.76. The second-order valence-electron chi connectivity index (χ2n) is 4.76. The molecule has 4 nitrogen and oxygen atoms in total. The predicted molar refractivity (Wildman–Crippen MR) is 61.4 cm³/mol. The summed E-state index contributed by atoms with van der Waals surface area (Å²) in [4.78, 5) is 11.7. The van der Waals surface area contributed by atoms with Crippen LogP contribution in [0.5, 0.6) is 0 Å². The number of rotatable bonds is 6. The lowest BCUT2D eigenvalue weighted by Gasteiger charge is -2.28. The average molecular weight is 216 g/mol. The van der Waals surface area contributed by atoms with Crippen molar-refractivity contribution in [3.05, 3.63) is 0 Å². The number of nitrogens with one attached hydrogen (secondary N) is 1. The Bertz CT molecular complexity index is 205. The van der Waals surface area contributed by atoms with Gasteiger partial charge < -0.3 is 16.2 Å². The third-order valence-corrected chi connectivity index (χ3v) is 2.76. The maximum atomic E-state index is 11.7. The van der Waals surface area contributed by atoms with Gasteiger partial charge in [-0.2, -0.15) is 0 Å². The molecule has 0 radical (unpaired) electrons. The molecule has 0 saturated carbocycles. The van der Waals surface area contributed by atoms with Crippen molar-refractivity contribution in [2.24, 2.45) is 11.7 Å². The quantitative estimate of drug-likeness (QED) is 0.610. The fourth-order valence-corrected chi connectivity index (χ4v) is 1.27. The molecule has 0 aromatic heterocycles. The van der Waals surface area contributed by atoms with Gasteiger partial charge in [-0.1, -0.05) is 20.3 Å². The van der Waals surface area contributed by atoms with Crippen molar-refractivity contribution < 1.29 is 9.90 Å². The van der Waals surface area contributed by atoms with Crippen LogP contribution in [0, 0.1) is 5.92 Å². The summed E-state index contributed by atoms with van der Waals surface area (Å²) in [5.74, 6) is 0.0396. The fourth-order valence-electron chi connectivity index (χ4n) is 1.27. The molecule has 0 rings (SSSR count). The topological polar surface area (TPSA) is 75.4 Å². The van der Waals surface area contributed by atoms with E-state index in [2.05, 4.69) is 5.32 Å². The van der Waals surface area contributed by atoms with Gasteiger partial charge in [0.25, 0.3) is 0 Å². The SMILES string of the molecule is CCC(C)[C@H](N)C(=O)NC(C)(C)CCO. The van der Waals surface area contributed by atoms with Gasteiger partial charge in [-0.15, -0.1) is 0 Å². The van der Waals surface area contributed by atoms with Crippen molar-refractivity contribution in [1.82, 2.24) is 5.32 Å². The molecule has 90 valence electrons. The van der Waals surface area contributed by atoms with Gasteiger partial charge in [0.2, 0.25) is 5.91 Å². The summed E-state index contributed by atoms with van der Waals surface area (Å²) in [7, 11) is 0. The van der Waals surface area contributed by atoms with E-state index in [-0.39, 0.29) is 18.4 Å². The monoisotopic (exact) mass is 216 g/mol. The van der Waals surface area contributed by atoms with E-state index >= 15 is 0 Å². The molecule has 0 aromatic carbocycles. The highest BCUT2D eigenvalue weighted by Gasteiger charge is 2.25. The average Bonchev–Trinajstić information content (AvgIpc) is 2.14. The zero-order valence-corrected chi connectivity index (χ0v) is 10.2. The Morgan fingerprint density at radius 2 is 2.07 bits per heavy atom. The minimum atomic E-state index is -0.465. The lowest BCUT2D eigenvalue weighted by atomic mass is 9.96. The standard InChI is InChI=1S/C11H24N2O2/c1-5-8(2)9(12)10(15)13-11(3,4)6-7-14/h8-9,14H,5-7,12H2,1-4H3,(H,13,15)/t8?,9-/m0/s1. The van der Waals surface area contributed by atoms with Crippen LogP contribution in [0.3, 0.4) is 0 Å². The van der Waals surface area contributed by atoms with Gasteiger partial charge in [0.1, 0.15) is 0 Å². The van der Waals surface area contributed by atoms with Crippen LogP contribution in [0.1, 0.15) is 40.5 Å². The van der Waals surface area contributed by atoms with E-state index in [4.69, 9.17) is 10.8 Å². The molecule has 0 bridgehead atoms. The van der Waals surface area contributed by atoms with Crippen LogP contribution in [0.4, 0.5) is 0 Å². The maximum Gasteiger partial charge on any atom is 0.237 e. The summed E-state index contributed by atoms with van der Waals surface area (Å²) in [5, 5.41) is 11.7. The highest BCUT2D eigenvalue weighted by molar-refractivity contribution is 5.82. The van der Waals surface area contributed by atoms with E-state index in [1.807, 2.05) is 27.7 Å². The first kappa shape index (κ1) is 14.4. The highest BCUT2D eigenvalue weighted by atomic mass is 16.3. The fraction of sp³-hybridized carbons (Fsp3) is 0.909. The lowest BCUT2D eigenvalue weighted by Crippen LogP contribution is -2.52. The lowest BCUT2D eigenvalue weighted by molar-refractivity contribution is -0.125. The predicted octanol–water partition coefficient (Wildman–Crippen LogP) is 0.637. The minimum absolute atomic E-state index is 0.0614. The van der Waals surface area contributed by atoms with Gasteiger partial charge >= 0.3 is 0 Å². The van der Waals surface area contributed by atoms with Crippen LogP contribution in [-0.4, -0.2) is 29.2 Å². The molecule has 2 atom stereocenters. The van der Waals surface area contributed by atoms with E-state index in [1.54, 1.807) is 0 Å². The van der Waals surface area contributed by atoms with Crippen molar-refractivity contribution >= 4 is 5.91 Å². The summed E-state index contributed by atoms with van der Waals surface area (Å²) < 4.78 is 0. The zero-order valence-electron chi connectivity index (χ0n) is 10.2. The molecular weight excluding hydrogens is 192 g/mol. The Hall–Kier alpha value is -0.610. The Morgan fingerprint density at radius 3 is 2.47 bits per heavy atom. The van der Waals surface area contributed by atoms with Gasteiger partial charge in [-0.25, -0.2) is 0 Å². The first-order valence-corrected chi connectivity index (χ1v) is 5.52. The Labute approximate surface area is 92.2 Å². The van der Waals surface area contributed by atoms with Crippen molar-refractivity contribution in [2.45, 2.75) is 52.1 Å². The molecule has 0 aromatic rings. The zero-order chi connectivity index (χ0) is 12.1. The maximum absolute atomic E-state index is 11.7. The molecule has 1 amide bonds. The van der Waals surface area contributed by atoms with Crippen molar-refractivity contribution in [3.8, 4) is 0 Å². The summed E-state index contributed by atoms with van der Waals surface area (Å²) in [5.41, 5.74) is 5.41. The van der Waals surface area contributed by atoms with Crippen LogP contribution in [0.15, 0.2) is 0 Å². The normalized spacial score (nSPS) is 15.9. The van der Waals surface area contributed by atoms with Crippen LogP contribution in [0.2, 0.25) is 0 Å². The highest BCUT2D eigenvalue weighted by Crippen LogP contribution is 2.10. The summed E-state index contributed by atoms with van der Waals surface area (Å²) in [6, 6.07) is -0.465. The second kappa shape index (κ2) is 6.08. The van der Waals surface area contributed by atoms with E-state index in [0.29, 0.717) is 6.42 Å². The Kier molecular flexibility index (Phi) is 5.83. The molecule has 1 unspecified atom stereocenters. The van der Waals surface area contributed by atoms with Crippen LogP contribution >= 0.6 is 0 Å². The number of hydrogen-bond acceptors (Lipinski definition) is 3. The second-order valence-corrected chi connectivity index (χ2v) is 4.76. The van der Waals surface area contributed by atoms with E-state index in [0.717, 1.165) is 6.42 Å². The van der Waals surface area contributed by atoms with Gasteiger partial charge in [0, 0.05) is 12.1 Å². The molecule has 0 spiro atoms. The van der Waals surface area contributed by atoms with Crippen molar-refractivity contribution in [2.75, 3.05) is 6.61 Å². The van der Waals surface area contributed by atoms with Gasteiger partial charge in [-0.3, -0.25) is 4.79 Å². The van der Waals surface area contributed by atoms with Gasteiger partial charge in [0.05, 0.1) is 6.04 Å². The third kappa shape index (κ3) is 5.14. The van der Waals surface area contributed by atoms with Crippen molar-refractivity contribution in [1.29, 1.82) is 0 Å². The molecule has 15 heavy (non-hydrogen) atoms. The summed E-state index contributed by atoms with van der Waals surface area (Å²) >= 11 is 0. The largest absolute Gasteiger partial charge is 0.396 e. The molecule has 0 heterocycles. The molecule has 0 saturated heterocycles. The van der Waals surface area contributed by atoms with Crippen LogP contribution in [-0.2, 0) is 4.79 Å². The van der Waals surface area contributed by atoms with Crippen molar-refractivity contribution in [3.63, 3.8) is 0 Å². The number of amides is 1. The van der Waals surface area contributed by atoms with Gasteiger partial charge in [0.15, 0.2) is 0 Å². The van der Waals surface area contributed by atoms with E-state index in [1.165, 1.54) is 0 Å². The first-order chi connectivity index (χ1) is 6.84. The molecule has 4 heteroatoms. The Balaban J connectivity index is 4.23. The van der Waals surface area contributed by atoms with Gasteiger partial charge in [-0.05, 0) is 26.2 Å². The molecule has 0 aliphatic heterocycles. The number of nitrogens with two attached hydrogens (primary N) is 1. The first-order valence-electron chi connectivity index (χ1n) is 5.52. The Morgan fingerprint density at radius 1 is 1.53 bits per heavy atom. The molecule has 4 N–H and O–H groups in total. The number of aliphatic hydroxyl groups is 1. The number of carbonyl (C=O) groups excluding carboxylic acids is 1. The molecule has 0 aliphatic carbocycles. The van der Waals surface area contributed by atoms with E-state index in [9.17, 15) is 4.79 Å². The summed E-state index contributed by atoms with van der Waals surface area (Å²) in [6.07, 6.45) is 1.42. The summed E-state index contributed by atoms with van der Waals surface area (Å²) in [6.45, 7) is 7.79. The van der Waals surface area contributed by atoms with Crippen LogP contribution < -0.4 is 11.1 Å². The smallest absolute Gasteiger partial charge is 0.237 e. The molecule has 0 fully saturated rings. The van der Waals surface area contributed by atoms with Crippen LogP contribution in [0.25, 0.3) is 0 Å². The minimum Gasteiger partial charge on any atom is -0.396 e.